The quantitative estimate of drug-likeness (QED) is 0.420. The van der Waals surface area contributed by atoms with Crippen molar-refractivity contribution in [3.8, 4) is 34.0 Å². The highest BCUT2D eigenvalue weighted by Gasteiger charge is 2.23. The Labute approximate surface area is 189 Å². The number of rotatable bonds is 7. The summed E-state index contributed by atoms with van der Waals surface area (Å²) in [6.45, 7) is 4.50. The molecule has 33 heavy (non-hydrogen) atoms. The lowest BCUT2D eigenvalue weighted by molar-refractivity contribution is -0.112. The lowest BCUT2D eigenvalue weighted by atomic mass is 10.0. The molecule has 5 heterocycles. The molecule has 1 aliphatic heterocycles. The number of hydrogen-bond acceptors (Lipinski definition) is 7. The Balaban J connectivity index is 1.54. The van der Waals surface area contributed by atoms with E-state index in [2.05, 4.69) is 31.8 Å². The third-order valence-corrected chi connectivity index (χ3v) is 5.30. The number of amides is 1. The number of fused-ring (bicyclic) bond motifs is 1. The zero-order valence-electron chi connectivity index (χ0n) is 17.9. The first-order chi connectivity index (χ1) is 16.1. The summed E-state index contributed by atoms with van der Waals surface area (Å²) in [4.78, 5) is 28.4. The molecule has 0 spiro atoms. The molecule has 1 amide bonds. The zero-order chi connectivity index (χ0) is 22.8. The van der Waals surface area contributed by atoms with Crippen molar-refractivity contribution in [2.45, 2.75) is 6.10 Å². The van der Waals surface area contributed by atoms with E-state index in [4.69, 9.17) is 14.2 Å². The summed E-state index contributed by atoms with van der Waals surface area (Å²) in [5.74, 6) is 0.518. The minimum absolute atomic E-state index is 0.0829. The predicted molar refractivity (Wildman–Crippen MR) is 123 cm³/mol. The van der Waals surface area contributed by atoms with Crippen LogP contribution in [0, 0.1) is 0 Å². The molecule has 0 saturated carbocycles. The maximum atomic E-state index is 12.0. The number of carbonyl (C=O) groups excluding carboxylic acids is 1. The van der Waals surface area contributed by atoms with Crippen molar-refractivity contribution in [1.29, 1.82) is 0 Å². The maximum absolute atomic E-state index is 12.0. The normalized spacial score (nSPS) is 13.4. The molecule has 9 heteroatoms. The Kier molecular flexibility index (Phi) is 5.45. The van der Waals surface area contributed by atoms with Crippen molar-refractivity contribution in [2.75, 3.05) is 25.6 Å². The molecule has 4 aromatic heterocycles. The van der Waals surface area contributed by atoms with Gasteiger partial charge in [0.1, 0.15) is 17.4 Å². The van der Waals surface area contributed by atoms with E-state index in [1.54, 1.807) is 25.7 Å². The van der Waals surface area contributed by atoms with E-state index >= 15 is 0 Å². The van der Waals surface area contributed by atoms with Crippen LogP contribution in [0.2, 0.25) is 0 Å². The molecule has 1 fully saturated rings. The number of aromatic nitrogens is 4. The first-order valence-corrected chi connectivity index (χ1v) is 10.3. The number of aromatic amines is 1. The van der Waals surface area contributed by atoms with Gasteiger partial charge in [-0.25, -0.2) is 15.0 Å². The Morgan fingerprint density at radius 1 is 1.18 bits per heavy atom. The number of pyridine rings is 3. The number of carbonyl (C=O) groups is 1. The third-order valence-electron chi connectivity index (χ3n) is 5.30. The van der Waals surface area contributed by atoms with Gasteiger partial charge >= 0.3 is 0 Å². The Hall–Kier alpha value is -4.24. The molecule has 9 nitrogen and oxygen atoms in total. The minimum atomic E-state index is -0.350. The third kappa shape index (κ3) is 4.13. The van der Waals surface area contributed by atoms with E-state index in [0.717, 1.165) is 33.3 Å². The monoisotopic (exact) mass is 443 g/mol. The van der Waals surface area contributed by atoms with Crippen LogP contribution in [-0.2, 0) is 9.53 Å². The predicted octanol–water partition coefficient (Wildman–Crippen LogP) is 3.60. The lowest BCUT2D eigenvalue weighted by Gasteiger charge is -2.27. The van der Waals surface area contributed by atoms with Crippen LogP contribution in [0.3, 0.4) is 0 Å². The van der Waals surface area contributed by atoms with Gasteiger partial charge in [-0.3, -0.25) is 4.79 Å². The van der Waals surface area contributed by atoms with Gasteiger partial charge in [0.25, 0.3) is 0 Å². The van der Waals surface area contributed by atoms with Gasteiger partial charge in [0, 0.05) is 52.9 Å². The van der Waals surface area contributed by atoms with E-state index in [1.165, 1.54) is 6.08 Å². The summed E-state index contributed by atoms with van der Waals surface area (Å²) < 4.78 is 16.3. The van der Waals surface area contributed by atoms with Crippen LogP contribution in [0.1, 0.15) is 0 Å². The standard InChI is InChI=1S/C24H21N5O4/c1-3-21(30)29-20-7-16(10-28-24(20)33-17-12-32-13-17)15-6-18-19(11-27-23(18)26-9-15)14-4-5-25-22(8-14)31-2/h3-11,17H,1,12-13H2,2H3,(H,26,27)(H,29,30). The molecular weight excluding hydrogens is 422 g/mol. The van der Waals surface area contributed by atoms with Gasteiger partial charge in [0.05, 0.1) is 20.3 Å². The van der Waals surface area contributed by atoms with E-state index in [-0.39, 0.29) is 12.0 Å². The van der Waals surface area contributed by atoms with Gasteiger partial charge < -0.3 is 24.5 Å². The van der Waals surface area contributed by atoms with Crippen LogP contribution in [0.25, 0.3) is 33.3 Å². The second-order valence-corrected chi connectivity index (χ2v) is 7.46. The van der Waals surface area contributed by atoms with Crippen molar-refractivity contribution in [3.63, 3.8) is 0 Å². The smallest absolute Gasteiger partial charge is 0.247 e. The fourth-order valence-corrected chi connectivity index (χ4v) is 3.51. The van der Waals surface area contributed by atoms with Gasteiger partial charge in [0.15, 0.2) is 0 Å². The van der Waals surface area contributed by atoms with Gasteiger partial charge in [-0.15, -0.1) is 0 Å². The Morgan fingerprint density at radius 2 is 2.00 bits per heavy atom. The Bertz CT molecular complexity index is 1350. The van der Waals surface area contributed by atoms with Crippen molar-refractivity contribution < 1.29 is 19.0 Å². The van der Waals surface area contributed by atoms with Crippen LogP contribution in [0.5, 0.6) is 11.8 Å². The first-order valence-electron chi connectivity index (χ1n) is 10.3. The second-order valence-electron chi connectivity index (χ2n) is 7.46. The molecule has 0 aliphatic carbocycles. The maximum Gasteiger partial charge on any atom is 0.247 e. The number of nitrogens with zero attached hydrogens (tertiary/aromatic N) is 3. The van der Waals surface area contributed by atoms with Gasteiger partial charge in [-0.1, -0.05) is 6.58 Å². The summed E-state index contributed by atoms with van der Waals surface area (Å²) in [6.07, 6.45) is 8.18. The fourth-order valence-electron chi connectivity index (χ4n) is 3.51. The minimum Gasteiger partial charge on any atom is -0.481 e. The molecular formula is C24H21N5O4. The molecule has 5 rings (SSSR count). The molecule has 0 atom stereocenters. The molecule has 166 valence electrons. The summed E-state index contributed by atoms with van der Waals surface area (Å²) in [5.41, 5.74) is 4.75. The van der Waals surface area contributed by atoms with E-state index in [1.807, 2.05) is 30.5 Å². The molecule has 0 radical (unpaired) electrons. The summed E-state index contributed by atoms with van der Waals surface area (Å²) in [6, 6.07) is 7.63. The Morgan fingerprint density at radius 3 is 2.76 bits per heavy atom. The van der Waals surface area contributed by atoms with E-state index in [9.17, 15) is 4.79 Å². The largest absolute Gasteiger partial charge is 0.481 e. The molecule has 4 aromatic rings. The van der Waals surface area contributed by atoms with E-state index < -0.39 is 0 Å². The zero-order valence-corrected chi connectivity index (χ0v) is 17.9. The van der Waals surface area contributed by atoms with Crippen LogP contribution in [-0.4, -0.2) is 52.3 Å². The van der Waals surface area contributed by atoms with Crippen molar-refractivity contribution in [1.82, 2.24) is 19.9 Å². The van der Waals surface area contributed by atoms with Gasteiger partial charge in [0.2, 0.25) is 17.7 Å². The highest BCUT2D eigenvalue weighted by Crippen LogP contribution is 2.34. The number of nitrogens with one attached hydrogen (secondary N) is 2. The first kappa shape index (κ1) is 20.7. The summed E-state index contributed by atoms with van der Waals surface area (Å²) >= 11 is 0. The number of hydrogen-bond donors (Lipinski definition) is 2. The molecule has 2 N–H and O–H groups in total. The summed E-state index contributed by atoms with van der Waals surface area (Å²) in [5, 5.41) is 3.71. The van der Waals surface area contributed by atoms with Crippen molar-refractivity contribution >= 4 is 22.6 Å². The van der Waals surface area contributed by atoms with Gasteiger partial charge in [-0.2, -0.15) is 0 Å². The molecule has 0 bridgehead atoms. The highest BCUT2D eigenvalue weighted by molar-refractivity contribution is 6.00. The highest BCUT2D eigenvalue weighted by atomic mass is 16.6. The molecule has 0 unspecified atom stereocenters. The second kappa shape index (κ2) is 8.71. The van der Waals surface area contributed by atoms with Crippen LogP contribution >= 0.6 is 0 Å². The van der Waals surface area contributed by atoms with Crippen LogP contribution in [0.15, 0.2) is 61.7 Å². The van der Waals surface area contributed by atoms with Crippen molar-refractivity contribution in [3.05, 3.63) is 61.7 Å². The average molecular weight is 443 g/mol. The molecule has 0 aromatic carbocycles. The lowest BCUT2D eigenvalue weighted by Crippen LogP contribution is -2.39. The molecule has 1 aliphatic rings. The number of ether oxygens (including phenoxy) is 3. The van der Waals surface area contributed by atoms with Gasteiger partial charge in [-0.05, 0) is 29.8 Å². The van der Waals surface area contributed by atoms with Crippen molar-refractivity contribution in [2.24, 2.45) is 0 Å². The van der Waals surface area contributed by atoms with Crippen LogP contribution < -0.4 is 14.8 Å². The fraction of sp³-hybridized carbons (Fsp3) is 0.167. The van der Waals surface area contributed by atoms with Crippen LogP contribution in [0.4, 0.5) is 5.69 Å². The SMILES string of the molecule is C=CC(=O)Nc1cc(-c2cnc3[nH]cc(-c4ccnc(OC)c4)c3c2)cnc1OC1COC1. The number of H-pyrrole nitrogens is 1. The topological polar surface area (TPSA) is 111 Å². The average Bonchev–Trinajstić information content (AvgIpc) is 3.25. The number of anilines is 1. The molecule has 1 saturated heterocycles. The van der Waals surface area contributed by atoms with E-state index in [0.29, 0.717) is 30.7 Å². The summed E-state index contributed by atoms with van der Waals surface area (Å²) in [7, 11) is 1.59. The number of methoxy groups -OCH3 is 1.